The van der Waals surface area contributed by atoms with E-state index >= 15 is 4.39 Å². The van der Waals surface area contributed by atoms with Crippen molar-refractivity contribution in [3.63, 3.8) is 0 Å². The first-order valence-electron chi connectivity index (χ1n) is 13.5. The van der Waals surface area contributed by atoms with Crippen LogP contribution >= 0.6 is 0 Å². The van der Waals surface area contributed by atoms with Gasteiger partial charge in [0.25, 0.3) is 0 Å². The number of alkyl halides is 3. The number of nitrogens with one attached hydrogen (secondary N) is 2. The summed E-state index contributed by atoms with van der Waals surface area (Å²) in [6, 6.07) is 8.74. The second kappa shape index (κ2) is 10.4. The summed E-state index contributed by atoms with van der Waals surface area (Å²) in [7, 11) is 0. The largest absolute Gasteiger partial charge is 0.419 e. The van der Waals surface area contributed by atoms with Gasteiger partial charge in [-0.25, -0.2) is 19.0 Å². The summed E-state index contributed by atoms with van der Waals surface area (Å²) in [6.07, 6.45) is 0.543. The quantitative estimate of drug-likeness (QED) is 0.221. The van der Waals surface area contributed by atoms with Gasteiger partial charge in [-0.1, -0.05) is 32.0 Å². The Morgan fingerprint density at radius 3 is 2.39 bits per heavy atom. The molecule has 41 heavy (non-hydrogen) atoms. The Balaban J connectivity index is 1.55. The first-order valence-corrected chi connectivity index (χ1v) is 13.5. The third kappa shape index (κ3) is 4.58. The van der Waals surface area contributed by atoms with Crippen molar-refractivity contribution < 1.29 is 22.7 Å². The van der Waals surface area contributed by atoms with Gasteiger partial charge in [0, 0.05) is 53.6 Å². The van der Waals surface area contributed by atoms with Crippen LogP contribution in [-0.4, -0.2) is 29.8 Å². The first-order chi connectivity index (χ1) is 19.7. The van der Waals surface area contributed by atoms with Crippen LogP contribution in [0.15, 0.2) is 48.9 Å². The predicted octanol–water partition coefficient (Wildman–Crippen LogP) is 5.97. The minimum absolute atomic E-state index is 0.231. The molecule has 11 heteroatoms. The topological polar surface area (TPSA) is 91.6 Å². The van der Waals surface area contributed by atoms with Crippen LogP contribution in [-0.2, 0) is 38.6 Å². The molecule has 0 aliphatic carbocycles. The van der Waals surface area contributed by atoms with Crippen molar-refractivity contribution in [2.24, 2.45) is 0 Å². The van der Waals surface area contributed by atoms with E-state index in [2.05, 4.69) is 34.1 Å². The van der Waals surface area contributed by atoms with Crippen molar-refractivity contribution in [2.75, 3.05) is 0 Å². The average molecular weight is 565 g/mol. The number of halogens is 4. The maximum absolute atomic E-state index is 16.0. The fraction of sp³-hybridized carbons (Fsp3) is 0.300. The van der Waals surface area contributed by atoms with Crippen molar-refractivity contribution >= 4 is 10.9 Å². The van der Waals surface area contributed by atoms with Crippen LogP contribution in [0.2, 0.25) is 0 Å². The molecule has 3 aromatic heterocycles. The van der Waals surface area contributed by atoms with Gasteiger partial charge in [-0.3, -0.25) is 0 Å². The van der Waals surface area contributed by atoms with Gasteiger partial charge in [-0.05, 0) is 36.1 Å². The van der Waals surface area contributed by atoms with Gasteiger partial charge in [0.15, 0.2) is 0 Å². The number of benzene rings is 2. The molecule has 1 aliphatic heterocycles. The second-order valence-electron chi connectivity index (χ2n) is 10.1. The number of para-hydroxylation sites is 1. The molecule has 0 fully saturated rings. The van der Waals surface area contributed by atoms with Crippen LogP contribution in [0.4, 0.5) is 17.6 Å². The van der Waals surface area contributed by atoms with Gasteiger partial charge in [0.05, 0.1) is 40.8 Å². The zero-order chi connectivity index (χ0) is 28.9. The number of aliphatic hydroxyl groups excluding tert-OH is 1. The molecular weight excluding hydrogens is 536 g/mol. The third-order valence-corrected chi connectivity index (χ3v) is 7.76. The number of aromatic nitrogens is 5. The predicted molar refractivity (Wildman–Crippen MR) is 146 cm³/mol. The number of aromatic amines is 1. The van der Waals surface area contributed by atoms with Crippen LogP contribution < -0.4 is 5.32 Å². The summed E-state index contributed by atoms with van der Waals surface area (Å²) in [5.74, 6) is -0.250. The van der Waals surface area contributed by atoms with Gasteiger partial charge >= 0.3 is 6.18 Å². The average Bonchev–Trinajstić information content (AvgIpc) is 3.61. The number of aryl methyl sites for hydroxylation is 2. The van der Waals surface area contributed by atoms with Crippen molar-refractivity contribution in [3.05, 3.63) is 94.1 Å². The highest BCUT2D eigenvalue weighted by atomic mass is 19.4. The molecule has 0 bridgehead atoms. The van der Waals surface area contributed by atoms with E-state index in [1.54, 1.807) is 12.3 Å². The molecule has 3 N–H and O–H groups in total. The molecule has 1 unspecified atom stereocenters. The summed E-state index contributed by atoms with van der Waals surface area (Å²) in [4.78, 5) is 11.1. The van der Waals surface area contributed by atoms with Crippen LogP contribution in [0.5, 0.6) is 0 Å². The van der Waals surface area contributed by atoms with E-state index < -0.39 is 23.6 Å². The lowest BCUT2D eigenvalue weighted by molar-refractivity contribution is -0.138. The minimum Gasteiger partial charge on any atom is -0.392 e. The summed E-state index contributed by atoms with van der Waals surface area (Å²) >= 11 is 0. The number of fused-ring (bicyclic) bond motifs is 2. The molecule has 7 nitrogen and oxygen atoms in total. The lowest BCUT2D eigenvalue weighted by Crippen LogP contribution is -2.30. The molecular formula is C30H28F4N6O. The van der Waals surface area contributed by atoms with E-state index in [-0.39, 0.29) is 19.0 Å². The lowest BCUT2D eigenvalue weighted by Gasteiger charge is -2.23. The van der Waals surface area contributed by atoms with Gasteiger partial charge < -0.3 is 15.4 Å². The SMILES string of the molecule is CCc1cccc(CC)c1-n1nc2c(c1-c1c(F)cc(CO)c3[nH]ccc13)CNC(c1ncc(C(F)(F)F)cn1)C2. The molecule has 1 atom stereocenters. The molecule has 0 saturated carbocycles. The fourth-order valence-corrected chi connectivity index (χ4v) is 5.72. The van der Waals surface area contributed by atoms with E-state index in [1.165, 1.54) is 6.07 Å². The van der Waals surface area contributed by atoms with Gasteiger partial charge in [-0.15, -0.1) is 0 Å². The normalized spacial score (nSPS) is 15.4. The van der Waals surface area contributed by atoms with Crippen LogP contribution in [0.1, 0.15) is 59.2 Å². The van der Waals surface area contributed by atoms with Gasteiger partial charge in [-0.2, -0.15) is 18.3 Å². The smallest absolute Gasteiger partial charge is 0.392 e. The van der Waals surface area contributed by atoms with E-state index in [4.69, 9.17) is 5.10 Å². The van der Waals surface area contributed by atoms with E-state index in [0.717, 1.165) is 47.6 Å². The second-order valence-corrected chi connectivity index (χ2v) is 10.1. The number of hydrogen-bond acceptors (Lipinski definition) is 5. The molecule has 5 aromatic rings. The molecule has 1 aliphatic rings. The molecule has 0 spiro atoms. The van der Waals surface area contributed by atoms with Crippen molar-refractivity contribution in [2.45, 2.75) is 58.5 Å². The Kier molecular flexibility index (Phi) is 6.87. The molecule has 4 heterocycles. The summed E-state index contributed by atoms with van der Waals surface area (Å²) in [6.45, 7) is 4.08. The lowest BCUT2D eigenvalue weighted by atomic mass is 9.94. The highest BCUT2D eigenvalue weighted by Gasteiger charge is 2.34. The number of aliphatic hydroxyl groups is 1. The Morgan fingerprint density at radius 2 is 1.76 bits per heavy atom. The number of H-pyrrole nitrogens is 1. The van der Waals surface area contributed by atoms with Crippen LogP contribution in [0.3, 0.4) is 0 Å². The van der Waals surface area contributed by atoms with E-state index in [0.29, 0.717) is 39.8 Å². The molecule has 0 radical (unpaired) electrons. The minimum atomic E-state index is -4.53. The monoisotopic (exact) mass is 564 g/mol. The third-order valence-electron chi connectivity index (χ3n) is 7.76. The highest BCUT2D eigenvalue weighted by Crippen LogP contribution is 2.41. The summed E-state index contributed by atoms with van der Waals surface area (Å²) in [5, 5.41) is 18.9. The molecule has 0 saturated heterocycles. The highest BCUT2D eigenvalue weighted by molar-refractivity contribution is 5.97. The summed E-state index contributed by atoms with van der Waals surface area (Å²) in [5.41, 5.74) is 5.62. The van der Waals surface area contributed by atoms with Gasteiger partial charge in [0.1, 0.15) is 11.6 Å². The molecule has 212 valence electrons. The van der Waals surface area contributed by atoms with Crippen molar-refractivity contribution in [3.8, 4) is 16.9 Å². The van der Waals surface area contributed by atoms with Crippen LogP contribution in [0.25, 0.3) is 27.8 Å². The summed E-state index contributed by atoms with van der Waals surface area (Å²) < 4.78 is 57.0. The standard InChI is InChI=1S/C30H28F4N6O/c1-3-16-6-5-7-17(4-2)27(16)40-28(25-20-8-9-35-26(20)18(15-41)10-22(25)31)21-14-36-24(11-23(21)39-40)29-37-12-19(13-38-29)30(32,33)34/h5-10,12-13,24,35-36,41H,3-4,11,14-15H2,1-2H3. The number of rotatable bonds is 6. The van der Waals surface area contributed by atoms with Crippen LogP contribution in [0, 0.1) is 5.82 Å². The Morgan fingerprint density at radius 1 is 1.05 bits per heavy atom. The zero-order valence-corrected chi connectivity index (χ0v) is 22.5. The maximum Gasteiger partial charge on any atom is 0.419 e. The zero-order valence-electron chi connectivity index (χ0n) is 22.5. The van der Waals surface area contributed by atoms with Crippen molar-refractivity contribution in [1.82, 2.24) is 30.0 Å². The Hall–Kier alpha value is -4.09. The maximum atomic E-state index is 16.0. The number of hydrogen-bond donors (Lipinski definition) is 3. The van der Waals surface area contributed by atoms with Gasteiger partial charge in [0.2, 0.25) is 0 Å². The van der Waals surface area contributed by atoms with Crippen molar-refractivity contribution in [1.29, 1.82) is 0 Å². The van der Waals surface area contributed by atoms with E-state index in [1.807, 2.05) is 22.9 Å². The first kappa shape index (κ1) is 27.1. The van der Waals surface area contributed by atoms with E-state index in [9.17, 15) is 18.3 Å². The Labute approximate surface area is 233 Å². The molecule has 2 aromatic carbocycles. The fourth-order valence-electron chi connectivity index (χ4n) is 5.72. The molecule has 0 amide bonds. The number of nitrogens with zero attached hydrogens (tertiary/aromatic N) is 4. The Bertz CT molecular complexity index is 1720. The molecule has 6 rings (SSSR count).